The molecule has 0 aromatic heterocycles. The van der Waals surface area contributed by atoms with Crippen molar-refractivity contribution < 1.29 is 17.4 Å². The summed E-state index contributed by atoms with van der Waals surface area (Å²) in [5.41, 5.74) is 21.1. The fourth-order valence-corrected chi connectivity index (χ4v) is 31.7. The first-order valence-corrected chi connectivity index (χ1v) is 34.5. The predicted molar refractivity (Wildman–Crippen MR) is 241 cm³/mol. The molecule has 0 nitrogen and oxygen atoms in total. The zero-order valence-corrected chi connectivity index (χ0v) is 39.4. The molecule has 0 spiro atoms. The van der Waals surface area contributed by atoms with Crippen molar-refractivity contribution >= 4 is 43.8 Å². The Morgan fingerprint density at radius 2 is 0.870 bits per heavy atom. The normalized spacial score (nSPS) is 20.4. The van der Waals surface area contributed by atoms with Crippen molar-refractivity contribution in [1.82, 2.24) is 0 Å². The van der Waals surface area contributed by atoms with E-state index < -0.39 is 17.4 Å². The van der Waals surface area contributed by atoms with Crippen LogP contribution in [0.4, 0.5) is 0 Å². The monoisotopic (exact) mass is 852 g/mol. The zero-order valence-electron chi connectivity index (χ0n) is 33.9. The summed E-state index contributed by atoms with van der Waals surface area (Å²) >= 11 is -3.82. The molecule has 286 valence electrons. The molecule has 0 aliphatic heterocycles. The third kappa shape index (κ3) is 8.08. The molecule has 8 rings (SSSR count). The van der Waals surface area contributed by atoms with Gasteiger partial charge in [0.1, 0.15) is 0 Å². The third-order valence-corrected chi connectivity index (χ3v) is 31.3. The van der Waals surface area contributed by atoms with Gasteiger partial charge in [0.05, 0.1) is 0 Å². The number of rotatable bonds is 8. The largest absolute Gasteiger partial charge is 0.147 e. The van der Waals surface area contributed by atoms with Crippen LogP contribution in [-0.2, 0) is 17.4 Å². The average Bonchev–Trinajstić information content (AvgIpc) is 3.67. The van der Waals surface area contributed by atoms with Crippen molar-refractivity contribution in [1.29, 1.82) is 0 Å². The van der Waals surface area contributed by atoms with Crippen molar-refractivity contribution in [2.45, 2.75) is 121 Å². The Balaban J connectivity index is 0.00000249. The molecule has 2 fully saturated rings. The summed E-state index contributed by atoms with van der Waals surface area (Å²) in [7, 11) is 0. The van der Waals surface area contributed by atoms with Gasteiger partial charge in [-0.2, -0.15) is 0 Å². The molecular formula is C50H64Cl2SiZr. The van der Waals surface area contributed by atoms with E-state index >= 15 is 0 Å². The summed E-state index contributed by atoms with van der Waals surface area (Å²) in [5, 5.41) is 0. The molecule has 0 bridgehead atoms. The van der Waals surface area contributed by atoms with E-state index in [-0.39, 0.29) is 24.8 Å². The van der Waals surface area contributed by atoms with Crippen LogP contribution in [-0.4, -0.2) is 6.88 Å². The number of benzene rings is 4. The van der Waals surface area contributed by atoms with E-state index in [1.807, 2.05) is 0 Å². The van der Waals surface area contributed by atoms with Crippen LogP contribution in [0.5, 0.6) is 0 Å². The smallest absolute Gasteiger partial charge is 0.147 e. The topological polar surface area (TPSA) is 0 Å². The number of hydrogen-bond donors (Lipinski definition) is 0. The van der Waals surface area contributed by atoms with Gasteiger partial charge in [-0.3, -0.25) is 0 Å². The molecule has 2 saturated carbocycles. The van der Waals surface area contributed by atoms with Crippen molar-refractivity contribution in [2.24, 2.45) is 11.8 Å². The van der Waals surface area contributed by atoms with Gasteiger partial charge in [-0.15, -0.1) is 24.8 Å². The molecular weight excluding hydrogens is 791 g/mol. The molecule has 54 heavy (non-hydrogen) atoms. The number of aryl methyl sites for hydroxylation is 4. The summed E-state index contributed by atoms with van der Waals surface area (Å²) in [4.78, 5) is 0. The van der Waals surface area contributed by atoms with Crippen molar-refractivity contribution in [2.75, 3.05) is 0 Å². The summed E-state index contributed by atoms with van der Waals surface area (Å²) in [6.45, 7) is 11.6. The second-order valence-corrected chi connectivity index (χ2v) is 49.5. The first kappa shape index (κ1) is 41.7. The van der Waals surface area contributed by atoms with Crippen LogP contribution in [0.3, 0.4) is 0 Å². The molecule has 0 heterocycles. The minimum absolute atomic E-state index is 0. The number of hydrogen-bond acceptors (Lipinski definition) is 0. The molecule has 0 amide bonds. The van der Waals surface area contributed by atoms with Gasteiger partial charge in [0.2, 0.25) is 0 Å². The van der Waals surface area contributed by atoms with Crippen LogP contribution in [0.25, 0.3) is 34.4 Å². The molecule has 0 N–H and O–H groups in total. The quantitative estimate of drug-likeness (QED) is 0.155. The van der Waals surface area contributed by atoms with Gasteiger partial charge < -0.3 is 0 Å². The fourth-order valence-electron chi connectivity index (χ4n) is 11.9. The van der Waals surface area contributed by atoms with Crippen LogP contribution in [0.1, 0.15) is 129 Å². The van der Waals surface area contributed by atoms with Gasteiger partial charge >= 0.3 is 320 Å². The van der Waals surface area contributed by atoms with E-state index in [4.69, 9.17) is 0 Å². The Morgan fingerprint density at radius 3 is 1.22 bits per heavy atom. The Morgan fingerprint density at radius 1 is 0.519 bits per heavy atom. The summed E-state index contributed by atoms with van der Waals surface area (Å²) < 4.78 is 6.93. The minimum atomic E-state index is -3.82. The van der Waals surface area contributed by atoms with E-state index in [2.05, 4.69) is 129 Å². The first-order valence-electron chi connectivity index (χ1n) is 20.8. The Bertz CT molecular complexity index is 1970. The maximum Gasteiger partial charge on any atom is -0.147 e. The molecule has 4 heteroatoms. The first-order chi connectivity index (χ1) is 24.9. The fraction of sp³-hybridized carbons (Fsp3) is 0.440. The molecule has 2 unspecified atom stereocenters. The van der Waals surface area contributed by atoms with Gasteiger partial charge in [-0.05, 0) is 0 Å². The van der Waals surface area contributed by atoms with E-state index in [9.17, 15) is 0 Å². The second kappa shape index (κ2) is 16.5. The zero-order chi connectivity index (χ0) is 36.2. The van der Waals surface area contributed by atoms with Crippen LogP contribution in [0, 0.1) is 39.5 Å². The van der Waals surface area contributed by atoms with Gasteiger partial charge in [0.25, 0.3) is 0 Å². The molecule has 4 aliphatic rings. The number of halogens is 2. The van der Waals surface area contributed by atoms with Crippen LogP contribution >= 0.6 is 24.8 Å². The predicted octanol–water partition coefficient (Wildman–Crippen LogP) is 14.9. The van der Waals surface area contributed by atoms with E-state index in [1.165, 1.54) is 122 Å². The molecule has 4 aromatic rings. The van der Waals surface area contributed by atoms with Gasteiger partial charge in [-0.1, -0.05) is 0 Å². The van der Waals surface area contributed by atoms with Crippen LogP contribution < -0.4 is 0 Å². The Hall–Kier alpha value is -1.96. The molecule has 4 aliphatic carbocycles. The molecule has 0 saturated heterocycles. The molecule has 2 atom stereocenters. The summed E-state index contributed by atoms with van der Waals surface area (Å²) in [6, 6.07) is 29.1. The average molecular weight is 855 g/mol. The van der Waals surface area contributed by atoms with Crippen molar-refractivity contribution in [3.8, 4) is 22.3 Å². The minimum Gasteiger partial charge on any atom is -0.147 e. The standard InChI is InChI=1S/2C24H27.2CH3.2ClH.H2Si.Zr/c2*1-17-11-18(2)13-22(12-17)23-10-6-9-21-15-20(16-24(21)23)14-19-7-4-3-5-8-19;;;;;;/h2*6,9-13,15-16,19H,3-5,7-8,14H2,1-2H3;2*1H3;2*1H;1H2;. The Labute approximate surface area is 342 Å². The maximum atomic E-state index is 2.90. The van der Waals surface area contributed by atoms with Gasteiger partial charge in [-0.25, -0.2) is 0 Å². The van der Waals surface area contributed by atoms with Crippen LogP contribution in [0.2, 0.25) is 9.26 Å². The SMILES string of the molecule is Cc1cc(C)cc(-c2cccc3c2C=C(CC2CCCCC2)[CH]3[Zr]([CH3])([CH3])(=[SiH2])[CH]2C(CC3CCCCC3)=Cc3c(-c4cc(C)cc(C)c4)cccc32)c1.Cl.Cl. The number of fused-ring (bicyclic) bond motifs is 2. The van der Waals surface area contributed by atoms with E-state index in [0.717, 1.165) is 11.8 Å². The number of allylic oxidation sites excluding steroid dienone is 2. The van der Waals surface area contributed by atoms with Gasteiger partial charge in [0.15, 0.2) is 0 Å². The van der Waals surface area contributed by atoms with Crippen molar-refractivity contribution in [3.05, 3.63) is 128 Å². The van der Waals surface area contributed by atoms with Crippen molar-refractivity contribution in [3.63, 3.8) is 0 Å². The second-order valence-electron chi connectivity index (χ2n) is 19.0. The maximum absolute atomic E-state index is 3.82. The van der Waals surface area contributed by atoms with E-state index in [0.29, 0.717) is 7.25 Å². The van der Waals surface area contributed by atoms with Gasteiger partial charge in [0, 0.05) is 0 Å². The summed E-state index contributed by atoms with van der Waals surface area (Å²) in [5.74, 6) is 1.67. The molecule has 0 radical (unpaired) electrons. The van der Waals surface area contributed by atoms with E-state index in [1.54, 1.807) is 33.4 Å². The Kier molecular flexibility index (Phi) is 12.7. The van der Waals surface area contributed by atoms with Crippen LogP contribution in [0.15, 0.2) is 83.9 Å². The summed E-state index contributed by atoms with van der Waals surface area (Å²) in [6.07, 6.45) is 22.2. The molecule has 4 aromatic carbocycles. The third-order valence-electron chi connectivity index (χ3n) is 13.8.